The van der Waals surface area contributed by atoms with E-state index in [1.165, 1.54) is 5.56 Å². The molecule has 0 bridgehead atoms. The second-order valence-corrected chi connectivity index (χ2v) is 5.10. The second kappa shape index (κ2) is 5.50. The average Bonchev–Trinajstić information content (AvgIpc) is 2.16. The molecule has 1 rings (SSSR count). The maximum atomic E-state index is 4.39. The van der Waals surface area contributed by atoms with Crippen molar-refractivity contribution < 1.29 is 0 Å². The highest BCUT2D eigenvalue weighted by atomic mass is 79.9. The Morgan fingerprint density at radius 1 is 1.47 bits per heavy atom. The smallest absolute Gasteiger partial charge is 0.140 e. The van der Waals surface area contributed by atoms with Crippen molar-refractivity contribution in [2.45, 2.75) is 40.2 Å². The Hall–Kier alpha value is -0.570. The molecule has 2 nitrogen and oxygen atoms in total. The molecule has 0 aromatic carbocycles. The molecule has 1 aromatic rings. The van der Waals surface area contributed by atoms with Crippen molar-refractivity contribution in [1.82, 2.24) is 4.98 Å². The summed E-state index contributed by atoms with van der Waals surface area (Å²) in [6.45, 7) is 8.69. The SMILES string of the molecule is CCC(Nc1ncc(C)cc1Br)C(C)C. The Morgan fingerprint density at radius 2 is 2.13 bits per heavy atom. The summed E-state index contributed by atoms with van der Waals surface area (Å²) in [5.74, 6) is 1.56. The van der Waals surface area contributed by atoms with E-state index < -0.39 is 0 Å². The van der Waals surface area contributed by atoms with Gasteiger partial charge in [0.15, 0.2) is 0 Å². The lowest BCUT2D eigenvalue weighted by Crippen LogP contribution is -2.25. The zero-order valence-electron chi connectivity index (χ0n) is 9.84. The van der Waals surface area contributed by atoms with Gasteiger partial charge in [0.2, 0.25) is 0 Å². The maximum Gasteiger partial charge on any atom is 0.140 e. The zero-order valence-corrected chi connectivity index (χ0v) is 11.4. The van der Waals surface area contributed by atoms with E-state index in [1.54, 1.807) is 0 Å². The molecule has 0 radical (unpaired) electrons. The number of halogens is 1. The minimum atomic E-state index is 0.483. The largest absolute Gasteiger partial charge is 0.366 e. The third kappa shape index (κ3) is 3.49. The first kappa shape index (κ1) is 12.5. The van der Waals surface area contributed by atoms with Crippen molar-refractivity contribution >= 4 is 21.7 Å². The third-order valence-electron chi connectivity index (χ3n) is 2.54. The van der Waals surface area contributed by atoms with Crippen molar-refractivity contribution in [3.05, 3.63) is 22.3 Å². The van der Waals surface area contributed by atoms with Crippen molar-refractivity contribution in [2.24, 2.45) is 5.92 Å². The first-order valence-electron chi connectivity index (χ1n) is 5.43. The lowest BCUT2D eigenvalue weighted by atomic mass is 10.0. The number of anilines is 1. The number of aryl methyl sites for hydroxylation is 1. The van der Waals surface area contributed by atoms with Gasteiger partial charge in [0.05, 0.1) is 4.47 Å². The van der Waals surface area contributed by atoms with Crippen LogP contribution in [-0.2, 0) is 0 Å². The number of nitrogens with one attached hydrogen (secondary N) is 1. The molecule has 1 unspecified atom stereocenters. The van der Waals surface area contributed by atoms with Gasteiger partial charge in [-0.2, -0.15) is 0 Å². The topological polar surface area (TPSA) is 24.9 Å². The second-order valence-electron chi connectivity index (χ2n) is 4.25. The molecule has 0 aliphatic heterocycles. The predicted molar refractivity (Wildman–Crippen MR) is 69.2 cm³/mol. The highest BCUT2D eigenvalue weighted by Crippen LogP contribution is 2.23. The van der Waals surface area contributed by atoms with Crippen LogP contribution in [0.25, 0.3) is 0 Å². The molecule has 0 fully saturated rings. The normalized spacial score (nSPS) is 12.9. The minimum Gasteiger partial charge on any atom is -0.366 e. The summed E-state index contributed by atoms with van der Waals surface area (Å²) in [5.41, 5.74) is 1.17. The van der Waals surface area contributed by atoms with Gasteiger partial charge in [-0.3, -0.25) is 0 Å². The molecule has 3 heteroatoms. The molecule has 1 aromatic heterocycles. The van der Waals surface area contributed by atoms with E-state index in [1.807, 2.05) is 13.1 Å². The summed E-state index contributed by atoms with van der Waals surface area (Å²) < 4.78 is 1.04. The number of rotatable bonds is 4. The van der Waals surface area contributed by atoms with Gasteiger partial charge >= 0.3 is 0 Å². The first-order valence-corrected chi connectivity index (χ1v) is 6.22. The Balaban J connectivity index is 2.79. The molecule has 0 saturated carbocycles. The van der Waals surface area contributed by atoms with Crippen molar-refractivity contribution in [1.29, 1.82) is 0 Å². The van der Waals surface area contributed by atoms with Gasteiger partial charge in [0.25, 0.3) is 0 Å². The zero-order chi connectivity index (χ0) is 11.4. The molecule has 0 amide bonds. The van der Waals surface area contributed by atoms with E-state index >= 15 is 0 Å². The van der Waals surface area contributed by atoms with Crippen LogP contribution in [0.4, 0.5) is 5.82 Å². The van der Waals surface area contributed by atoms with Crippen LogP contribution in [0.2, 0.25) is 0 Å². The summed E-state index contributed by atoms with van der Waals surface area (Å²) in [4.78, 5) is 4.39. The van der Waals surface area contributed by atoms with Gasteiger partial charge in [-0.05, 0) is 46.8 Å². The maximum absolute atomic E-state index is 4.39. The van der Waals surface area contributed by atoms with Gasteiger partial charge in [-0.1, -0.05) is 20.8 Å². The molecule has 0 aliphatic rings. The highest BCUT2D eigenvalue weighted by molar-refractivity contribution is 9.10. The van der Waals surface area contributed by atoms with E-state index in [0.717, 1.165) is 16.7 Å². The fourth-order valence-electron chi connectivity index (χ4n) is 1.56. The molecule has 0 aliphatic carbocycles. The first-order chi connectivity index (χ1) is 7.04. The van der Waals surface area contributed by atoms with Gasteiger partial charge in [0.1, 0.15) is 5.82 Å². The van der Waals surface area contributed by atoms with Crippen LogP contribution in [0, 0.1) is 12.8 Å². The number of nitrogens with zero attached hydrogens (tertiary/aromatic N) is 1. The van der Waals surface area contributed by atoms with Gasteiger partial charge in [-0.25, -0.2) is 4.98 Å². The third-order valence-corrected chi connectivity index (χ3v) is 3.15. The van der Waals surface area contributed by atoms with Gasteiger partial charge < -0.3 is 5.32 Å². The van der Waals surface area contributed by atoms with Gasteiger partial charge in [0, 0.05) is 12.2 Å². The molecule has 84 valence electrons. The van der Waals surface area contributed by atoms with E-state index in [4.69, 9.17) is 0 Å². The fraction of sp³-hybridized carbons (Fsp3) is 0.583. The summed E-state index contributed by atoms with van der Waals surface area (Å²) in [7, 11) is 0. The fourth-order valence-corrected chi connectivity index (χ4v) is 2.13. The van der Waals surface area contributed by atoms with Crippen LogP contribution in [0.1, 0.15) is 32.8 Å². The number of hydrogen-bond donors (Lipinski definition) is 1. The number of pyridine rings is 1. The molecule has 15 heavy (non-hydrogen) atoms. The summed E-state index contributed by atoms with van der Waals surface area (Å²) in [6.07, 6.45) is 3.00. The molecular formula is C12H19BrN2. The predicted octanol–water partition coefficient (Wildman–Crippen LogP) is 4.00. The average molecular weight is 271 g/mol. The van der Waals surface area contributed by atoms with Crippen LogP contribution in [0.3, 0.4) is 0 Å². The van der Waals surface area contributed by atoms with E-state index in [0.29, 0.717) is 12.0 Å². The monoisotopic (exact) mass is 270 g/mol. The summed E-state index contributed by atoms with van der Waals surface area (Å²) in [5, 5.41) is 3.47. The van der Waals surface area contributed by atoms with Crippen LogP contribution in [-0.4, -0.2) is 11.0 Å². The molecule has 0 spiro atoms. The van der Waals surface area contributed by atoms with Crippen molar-refractivity contribution in [3.8, 4) is 0 Å². The molecule has 1 heterocycles. The number of hydrogen-bond acceptors (Lipinski definition) is 2. The van der Waals surface area contributed by atoms with E-state index in [9.17, 15) is 0 Å². The van der Waals surface area contributed by atoms with Crippen molar-refractivity contribution in [2.75, 3.05) is 5.32 Å². The van der Waals surface area contributed by atoms with Crippen LogP contribution in [0.5, 0.6) is 0 Å². The molecule has 0 saturated heterocycles. The molecule has 1 N–H and O–H groups in total. The lowest BCUT2D eigenvalue weighted by molar-refractivity contribution is 0.509. The van der Waals surface area contributed by atoms with Crippen molar-refractivity contribution in [3.63, 3.8) is 0 Å². The summed E-state index contributed by atoms with van der Waals surface area (Å²) >= 11 is 3.53. The minimum absolute atomic E-state index is 0.483. The van der Waals surface area contributed by atoms with Crippen LogP contribution >= 0.6 is 15.9 Å². The number of aromatic nitrogens is 1. The Kier molecular flexibility index (Phi) is 4.58. The summed E-state index contributed by atoms with van der Waals surface area (Å²) in [6, 6.07) is 2.57. The Labute approximate surface area is 101 Å². The van der Waals surface area contributed by atoms with Crippen LogP contribution < -0.4 is 5.32 Å². The standard InChI is InChI=1S/C12H19BrN2/c1-5-11(8(2)3)15-12-10(13)6-9(4)7-14-12/h6-8,11H,5H2,1-4H3,(H,14,15). The Bertz CT molecular complexity index is 323. The Morgan fingerprint density at radius 3 is 2.60 bits per heavy atom. The lowest BCUT2D eigenvalue weighted by Gasteiger charge is -2.22. The highest BCUT2D eigenvalue weighted by Gasteiger charge is 2.12. The molecule has 1 atom stereocenters. The van der Waals surface area contributed by atoms with E-state index in [-0.39, 0.29) is 0 Å². The quantitative estimate of drug-likeness (QED) is 0.895. The van der Waals surface area contributed by atoms with Crippen LogP contribution in [0.15, 0.2) is 16.7 Å². The van der Waals surface area contributed by atoms with Gasteiger partial charge in [-0.15, -0.1) is 0 Å². The van der Waals surface area contributed by atoms with E-state index in [2.05, 4.69) is 53.1 Å². The molecular weight excluding hydrogens is 252 g/mol.